The molecule has 0 unspecified atom stereocenters. The summed E-state index contributed by atoms with van der Waals surface area (Å²) in [5.74, 6) is 6.82. The van der Waals surface area contributed by atoms with Gasteiger partial charge in [0.05, 0.1) is 22.5 Å². The lowest BCUT2D eigenvalue weighted by Crippen LogP contribution is -2.13. The van der Waals surface area contributed by atoms with Gasteiger partial charge in [0.1, 0.15) is 5.82 Å². The fraction of sp³-hybridized carbons (Fsp3) is 0.286. The number of benzene rings is 2. The minimum absolute atomic E-state index is 0.254. The third-order valence-corrected chi connectivity index (χ3v) is 4.65. The van der Waals surface area contributed by atoms with Crippen LogP contribution in [0.3, 0.4) is 0 Å². The van der Waals surface area contributed by atoms with Crippen LogP contribution in [0.5, 0.6) is 0 Å². The number of aromatic amines is 1. The standard InChI is InChI=1S/C21H20FN3O/c1-14-19-13-20(23-18-6-4-17(22)5-7-18)16(12-21(19)25-24-14)3-2-15-8-10-26-11-9-15/h4-7,12-13,15,23H,8-11H2,1H3,(H,24,25). The lowest BCUT2D eigenvalue weighted by Gasteiger charge is -2.16. The van der Waals surface area contributed by atoms with Crippen molar-refractivity contribution in [1.82, 2.24) is 10.2 Å². The highest BCUT2D eigenvalue weighted by atomic mass is 19.1. The zero-order valence-electron chi connectivity index (χ0n) is 14.6. The van der Waals surface area contributed by atoms with E-state index in [1.54, 1.807) is 12.1 Å². The molecule has 0 atom stereocenters. The molecule has 0 spiro atoms. The van der Waals surface area contributed by atoms with Crippen LogP contribution in [-0.2, 0) is 4.74 Å². The molecule has 4 nitrogen and oxygen atoms in total. The molecular weight excluding hydrogens is 329 g/mol. The Balaban J connectivity index is 1.71. The minimum atomic E-state index is -0.254. The van der Waals surface area contributed by atoms with E-state index < -0.39 is 0 Å². The van der Waals surface area contributed by atoms with Crippen molar-refractivity contribution in [1.29, 1.82) is 0 Å². The minimum Gasteiger partial charge on any atom is -0.381 e. The highest BCUT2D eigenvalue weighted by Crippen LogP contribution is 2.27. The molecule has 0 radical (unpaired) electrons. The van der Waals surface area contributed by atoms with Gasteiger partial charge in [0.2, 0.25) is 0 Å². The molecule has 2 N–H and O–H groups in total. The molecule has 0 bridgehead atoms. The van der Waals surface area contributed by atoms with E-state index in [-0.39, 0.29) is 5.82 Å². The average Bonchev–Trinajstić information content (AvgIpc) is 3.02. The Kier molecular flexibility index (Phi) is 4.59. The van der Waals surface area contributed by atoms with Gasteiger partial charge in [0.15, 0.2) is 0 Å². The maximum atomic E-state index is 13.2. The van der Waals surface area contributed by atoms with Crippen molar-refractivity contribution in [3.05, 3.63) is 53.5 Å². The molecular formula is C21H20FN3O. The van der Waals surface area contributed by atoms with Gasteiger partial charge in [-0.2, -0.15) is 5.10 Å². The van der Waals surface area contributed by atoms with Gasteiger partial charge in [0, 0.05) is 30.2 Å². The number of nitrogens with zero attached hydrogens (tertiary/aromatic N) is 1. The molecule has 0 aliphatic carbocycles. The Bertz CT molecular complexity index is 976. The number of anilines is 2. The van der Waals surface area contributed by atoms with Crippen molar-refractivity contribution in [3.8, 4) is 11.8 Å². The van der Waals surface area contributed by atoms with Crippen LogP contribution in [-0.4, -0.2) is 23.4 Å². The first-order valence-electron chi connectivity index (χ1n) is 8.79. The summed E-state index contributed by atoms with van der Waals surface area (Å²) in [6.45, 7) is 3.52. The molecule has 2 aromatic carbocycles. The molecule has 4 rings (SSSR count). The van der Waals surface area contributed by atoms with Crippen LogP contribution in [0.2, 0.25) is 0 Å². The molecule has 2 heterocycles. The summed E-state index contributed by atoms with van der Waals surface area (Å²) < 4.78 is 18.6. The predicted molar refractivity (Wildman–Crippen MR) is 101 cm³/mol. The molecule has 1 aliphatic heterocycles. The molecule has 0 amide bonds. The Labute approximate surface area is 151 Å². The quantitative estimate of drug-likeness (QED) is 0.668. The topological polar surface area (TPSA) is 49.9 Å². The molecule has 0 saturated carbocycles. The third-order valence-electron chi connectivity index (χ3n) is 4.65. The van der Waals surface area contributed by atoms with Crippen molar-refractivity contribution in [2.75, 3.05) is 18.5 Å². The second-order valence-corrected chi connectivity index (χ2v) is 6.54. The number of rotatable bonds is 2. The summed E-state index contributed by atoms with van der Waals surface area (Å²) in [4.78, 5) is 0. The van der Waals surface area contributed by atoms with Crippen molar-refractivity contribution in [3.63, 3.8) is 0 Å². The molecule has 1 aliphatic rings. The molecule has 1 saturated heterocycles. The number of hydrogen-bond donors (Lipinski definition) is 2. The van der Waals surface area contributed by atoms with Crippen LogP contribution in [0.25, 0.3) is 10.9 Å². The SMILES string of the molecule is Cc1n[nH]c2cc(C#CC3CCOCC3)c(Nc3ccc(F)cc3)cc12. The van der Waals surface area contributed by atoms with Gasteiger partial charge in [-0.15, -0.1) is 0 Å². The van der Waals surface area contributed by atoms with E-state index in [2.05, 4.69) is 27.4 Å². The monoisotopic (exact) mass is 349 g/mol. The van der Waals surface area contributed by atoms with E-state index in [1.165, 1.54) is 12.1 Å². The molecule has 26 heavy (non-hydrogen) atoms. The van der Waals surface area contributed by atoms with E-state index in [0.29, 0.717) is 5.92 Å². The highest BCUT2D eigenvalue weighted by Gasteiger charge is 2.12. The number of hydrogen-bond acceptors (Lipinski definition) is 3. The van der Waals surface area contributed by atoms with Crippen LogP contribution in [0, 0.1) is 30.5 Å². The van der Waals surface area contributed by atoms with Gasteiger partial charge < -0.3 is 10.1 Å². The maximum absolute atomic E-state index is 13.2. The Morgan fingerprint density at radius 1 is 1.19 bits per heavy atom. The van der Waals surface area contributed by atoms with Crippen LogP contribution >= 0.6 is 0 Å². The summed E-state index contributed by atoms with van der Waals surface area (Å²) >= 11 is 0. The van der Waals surface area contributed by atoms with Gasteiger partial charge >= 0.3 is 0 Å². The van der Waals surface area contributed by atoms with Crippen molar-refractivity contribution >= 4 is 22.3 Å². The molecule has 3 aromatic rings. The fourth-order valence-electron chi connectivity index (χ4n) is 3.11. The summed E-state index contributed by atoms with van der Waals surface area (Å²) in [6, 6.07) is 10.4. The van der Waals surface area contributed by atoms with Gasteiger partial charge in [-0.3, -0.25) is 5.10 Å². The second-order valence-electron chi connectivity index (χ2n) is 6.54. The number of nitrogens with one attached hydrogen (secondary N) is 2. The van der Waals surface area contributed by atoms with E-state index in [9.17, 15) is 4.39 Å². The zero-order chi connectivity index (χ0) is 17.9. The number of fused-ring (bicyclic) bond motifs is 1. The fourth-order valence-corrected chi connectivity index (χ4v) is 3.11. The molecule has 1 aromatic heterocycles. The van der Waals surface area contributed by atoms with Crippen molar-refractivity contribution < 1.29 is 9.13 Å². The van der Waals surface area contributed by atoms with Crippen molar-refractivity contribution in [2.24, 2.45) is 5.92 Å². The van der Waals surface area contributed by atoms with Crippen LogP contribution in [0.1, 0.15) is 24.1 Å². The molecule has 1 fully saturated rings. The van der Waals surface area contributed by atoms with Crippen LogP contribution in [0.15, 0.2) is 36.4 Å². The van der Waals surface area contributed by atoms with E-state index in [1.807, 2.05) is 19.1 Å². The first kappa shape index (κ1) is 16.6. The predicted octanol–water partition coefficient (Wildman–Crippen LogP) is 4.53. The number of halogens is 1. The largest absolute Gasteiger partial charge is 0.381 e. The Morgan fingerprint density at radius 3 is 2.73 bits per heavy atom. The maximum Gasteiger partial charge on any atom is 0.123 e. The summed E-state index contributed by atoms with van der Waals surface area (Å²) in [6.07, 6.45) is 1.94. The normalized spacial score (nSPS) is 14.8. The van der Waals surface area contributed by atoms with Gasteiger partial charge in [-0.25, -0.2) is 4.39 Å². The third kappa shape index (κ3) is 3.56. The van der Waals surface area contributed by atoms with Gasteiger partial charge in [-0.05, 0) is 56.2 Å². The van der Waals surface area contributed by atoms with Crippen LogP contribution in [0.4, 0.5) is 15.8 Å². The lowest BCUT2D eigenvalue weighted by molar-refractivity contribution is 0.0807. The van der Waals surface area contributed by atoms with Gasteiger partial charge in [-0.1, -0.05) is 11.8 Å². The summed E-state index contributed by atoms with van der Waals surface area (Å²) in [5, 5.41) is 11.7. The first-order valence-corrected chi connectivity index (χ1v) is 8.79. The van der Waals surface area contributed by atoms with Crippen LogP contribution < -0.4 is 5.32 Å². The second kappa shape index (κ2) is 7.19. The summed E-state index contributed by atoms with van der Waals surface area (Å²) in [5.41, 5.74) is 4.51. The van der Waals surface area contributed by atoms with Crippen molar-refractivity contribution in [2.45, 2.75) is 19.8 Å². The Morgan fingerprint density at radius 2 is 1.96 bits per heavy atom. The number of H-pyrrole nitrogens is 1. The van der Waals surface area contributed by atoms with E-state index in [0.717, 1.165) is 59.6 Å². The lowest BCUT2D eigenvalue weighted by atomic mass is 10.00. The highest BCUT2D eigenvalue weighted by molar-refractivity contribution is 5.88. The smallest absolute Gasteiger partial charge is 0.123 e. The number of aryl methyl sites for hydroxylation is 1. The zero-order valence-corrected chi connectivity index (χ0v) is 14.6. The molecule has 132 valence electrons. The molecule has 5 heteroatoms. The number of ether oxygens (including phenoxy) is 1. The number of aromatic nitrogens is 2. The Hall–Kier alpha value is -2.84. The van der Waals surface area contributed by atoms with Gasteiger partial charge in [0.25, 0.3) is 0 Å². The van der Waals surface area contributed by atoms with E-state index in [4.69, 9.17) is 4.74 Å². The summed E-state index contributed by atoms with van der Waals surface area (Å²) in [7, 11) is 0. The first-order chi connectivity index (χ1) is 12.7. The average molecular weight is 349 g/mol. The van der Waals surface area contributed by atoms with E-state index >= 15 is 0 Å².